The molecule has 0 spiro atoms. The number of nitrogens with one attached hydrogen (secondary N) is 2. The third-order valence-corrected chi connectivity index (χ3v) is 9.12. The van der Waals surface area contributed by atoms with E-state index in [4.69, 9.17) is 18.9 Å². The maximum Gasteiger partial charge on any atom is 0.410 e. The first kappa shape index (κ1) is 47.1. The molecule has 4 N–H and O–H groups in total. The number of azide groups is 1. The molecule has 0 heterocycles. The molecule has 0 unspecified atom stereocenters. The highest BCUT2D eigenvalue weighted by Crippen LogP contribution is 2.37. The van der Waals surface area contributed by atoms with Crippen LogP contribution in [0.5, 0.6) is 11.5 Å². The van der Waals surface area contributed by atoms with Crippen LogP contribution in [-0.2, 0) is 41.9 Å². The summed E-state index contributed by atoms with van der Waals surface area (Å²) in [4.78, 5) is 69.4. The van der Waals surface area contributed by atoms with Gasteiger partial charge in [0, 0.05) is 12.0 Å². The Kier molecular flexibility index (Phi) is 17.1. The highest BCUT2D eigenvalue weighted by Gasteiger charge is 2.44. The van der Waals surface area contributed by atoms with Crippen LogP contribution >= 0.6 is 0 Å². The molecule has 0 aliphatic carbocycles. The van der Waals surface area contributed by atoms with E-state index in [1.54, 1.807) is 71.9 Å². The first-order chi connectivity index (χ1) is 27.8. The number of esters is 1. The lowest BCUT2D eigenvalue weighted by Gasteiger charge is -2.38. The molecule has 17 heteroatoms. The van der Waals surface area contributed by atoms with Gasteiger partial charge < -0.3 is 39.8 Å². The minimum Gasteiger partial charge on any atom is -0.485 e. The molecule has 59 heavy (non-hydrogen) atoms. The Morgan fingerprint density at radius 1 is 0.881 bits per heavy atom. The van der Waals surface area contributed by atoms with Gasteiger partial charge in [0.2, 0.25) is 11.8 Å². The zero-order valence-corrected chi connectivity index (χ0v) is 34.6. The van der Waals surface area contributed by atoms with Crippen LogP contribution in [-0.4, -0.2) is 87.9 Å². The van der Waals surface area contributed by atoms with Crippen molar-refractivity contribution in [3.63, 3.8) is 0 Å². The minimum absolute atomic E-state index is 0.0150. The average molecular weight is 819 g/mol. The molecule has 5 atom stereocenters. The normalized spacial score (nSPS) is 14.2. The quantitative estimate of drug-likeness (QED) is 0.0457. The van der Waals surface area contributed by atoms with Gasteiger partial charge in [-0.2, -0.15) is 0 Å². The molecule has 3 rings (SSSR count). The molecular weight excluding hydrogens is 764 g/mol. The van der Waals surface area contributed by atoms with E-state index in [1.807, 2.05) is 30.3 Å². The second kappa shape index (κ2) is 21.4. The topological polar surface area (TPSA) is 239 Å². The number of likely N-dealkylation sites (N-methyl/N-ethyl adjacent to an activating group) is 1. The van der Waals surface area contributed by atoms with Crippen molar-refractivity contribution in [2.24, 2.45) is 11.0 Å². The zero-order valence-electron chi connectivity index (χ0n) is 34.6. The first-order valence-electron chi connectivity index (χ1n) is 19.0. The van der Waals surface area contributed by atoms with Crippen LogP contribution in [0.15, 0.2) is 84.0 Å². The Hall–Kier alpha value is -6.32. The molecule has 3 aromatic rings. The van der Waals surface area contributed by atoms with Gasteiger partial charge in [-0.05, 0) is 74.4 Å². The number of nitrogens with zero attached hydrogens (tertiary/aromatic N) is 4. The molecule has 0 aromatic heterocycles. The van der Waals surface area contributed by atoms with E-state index in [0.717, 1.165) is 10.5 Å². The van der Waals surface area contributed by atoms with Crippen molar-refractivity contribution in [3.05, 3.63) is 106 Å². The van der Waals surface area contributed by atoms with E-state index in [1.165, 1.54) is 32.2 Å². The number of hydrogen-bond acceptors (Lipinski definition) is 11. The van der Waals surface area contributed by atoms with E-state index in [-0.39, 0.29) is 36.7 Å². The van der Waals surface area contributed by atoms with Gasteiger partial charge in [0.05, 0.1) is 0 Å². The largest absolute Gasteiger partial charge is 0.485 e. The highest BCUT2D eigenvalue weighted by atomic mass is 16.6. The average Bonchev–Trinajstić information content (AvgIpc) is 3.19. The number of carbonyl (C=O) groups excluding carboxylic acids is 4. The Morgan fingerprint density at radius 2 is 1.47 bits per heavy atom. The molecule has 0 aliphatic heterocycles. The molecule has 0 saturated heterocycles. The molecule has 0 bridgehead atoms. The Balaban J connectivity index is 2.08. The lowest BCUT2D eigenvalue weighted by Crippen LogP contribution is -2.63. The summed E-state index contributed by atoms with van der Waals surface area (Å²) in [5.74, 6) is -4.36. The SMILES string of the molecule is CC[C@](C)(Oc1cc([C@@H](O)[C@@H](C(=O)O)N(C)C(=O)OCc2ccccc2)ccc1OCc1ccccc1)[C@H](NC(=O)[C@@H](N=[N+]=[N-])C(C)C)C(=O)NCC(=O)OC(C)(C)C. The number of carbonyl (C=O) groups is 5. The van der Waals surface area contributed by atoms with E-state index >= 15 is 0 Å². The van der Waals surface area contributed by atoms with Gasteiger partial charge in [0.25, 0.3) is 0 Å². The maximum absolute atomic E-state index is 14.0. The molecule has 3 amide bonds. The van der Waals surface area contributed by atoms with Crippen molar-refractivity contribution < 1.29 is 53.1 Å². The molecule has 0 fully saturated rings. The van der Waals surface area contributed by atoms with Crippen LogP contribution in [0.1, 0.15) is 77.7 Å². The lowest BCUT2D eigenvalue weighted by molar-refractivity contribution is -0.155. The number of aliphatic hydroxyl groups excluding tert-OH is 1. The summed E-state index contributed by atoms with van der Waals surface area (Å²) in [7, 11) is 1.18. The highest BCUT2D eigenvalue weighted by molar-refractivity contribution is 5.92. The van der Waals surface area contributed by atoms with Crippen LogP contribution in [0.25, 0.3) is 10.4 Å². The third kappa shape index (κ3) is 13.9. The second-order valence-corrected chi connectivity index (χ2v) is 15.3. The Bertz CT molecular complexity index is 1950. The summed E-state index contributed by atoms with van der Waals surface area (Å²) in [6.07, 6.45) is -2.82. The molecule has 0 radical (unpaired) electrons. The van der Waals surface area contributed by atoms with Gasteiger partial charge in [0.15, 0.2) is 17.5 Å². The van der Waals surface area contributed by atoms with Crippen LogP contribution < -0.4 is 20.1 Å². The van der Waals surface area contributed by atoms with Crippen molar-refractivity contribution in [2.75, 3.05) is 13.6 Å². The number of aliphatic carboxylic acids is 1. The number of ether oxygens (including phenoxy) is 4. The Labute approximate surface area is 343 Å². The zero-order chi connectivity index (χ0) is 43.9. The van der Waals surface area contributed by atoms with Crippen molar-refractivity contribution >= 4 is 29.8 Å². The van der Waals surface area contributed by atoms with Gasteiger partial charge in [-0.15, -0.1) is 0 Å². The fraction of sp³-hybridized carbons (Fsp3) is 0.452. The van der Waals surface area contributed by atoms with E-state index in [9.17, 15) is 39.7 Å². The van der Waals surface area contributed by atoms with Crippen LogP contribution in [0.4, 0.5) is 4.79 Å². The fourth-order valence-electron chi connectivity index (χ4n) is 5.77. The summed E-state index contributed by atoms with van der Waals surface area (Å²) in [6, 6.07) is 17.4. The van der Waals surface area contributed by atoms with Crippen LogP contribution in [0.3, 0.4) is 0 Å². The van der Waals surface area contributed by atoms with Crippen molar-refractivity contribution in [1.29, 1.82) is 0 Å². The predicted octanol–water partition coefficient (Wildman–Crippen LogP) is 5.85. The fourth-order valence-corrected chi connectivity index (χ4v) is 5.77. The molecule has 17 nitrogen and oxygen atoms in total. The van der Waals surface area contributed by atoms with Crippen molar-refractivity contribution in [3.8, 4) is 11.5 Å². The number of benzene rings is 3. The molecule has 3 aromatic carbocycles. The van der Waals surface area contributed by atoms with Crippen LogP contribution in [0.2, 0.25) is 0 Å². The number of carboxylic acids is 1. The summed E-state index contributed by atoms with van der Waals surface area (Å²) in [5.41, 5.74) is 8.11. The van der Waals surface area contributed by atoms with Crippen molar-refractivity contribution in [2.45, 2.75) is 104 Å². The number of aliphatic hydroxyl groups is 1. The van der Waals surface area contributed by atoms with Gasteiger partial charge >= 0.3 is 18.0 Å². The predicted molar refractivity (Wildman–Crippen MR) is 216 cm³/mol. The number of amides is 3. The minimum atomic E-state index is -1.84. The summed E-state index contributed by atoms with van der Waals surface area (Å²) in [6.45, 7) is 10.8. The monoisotopic (exact) mass is 818 g/mol. The van der Waals surface area contributed by atoms with Gasteiger partial charge in [-0.1, -0.05) is 92.6 Å². The molecule has 318 valence electrons. The number of rotatable bonds is 20. The number of hydrogen-bond donors (Lipinski definition) is 4. The molecule has 0 saturated carbocycles. The third-order valence-electron chi connectivity index (χ3n) is 9.12. The smallest absolute Gasteiger partial charge is 0.410 e. The van der Waals surface area contributed by atoms with Gasteiger partial charge in [-0.3, -0.25) is 19.3 Å². The van der Waals surface area contributed by atoms with Crippen LogP contribution in [0, 0.1) is 5.92 Å². The number of carboxylic acid groups (broad SMARTS) is 1. The van der Waals surface area contributed by atoms with Gasteiger partial charge in [-0.25, -0.2) is 9.59 Å². The molecule has 0 aliphatic rings. The van der Waals surface area contributed by atoms with E-state index < -0.39 is 77.7 Å². The van der Waals surface area contributed by atoms with Crippen molar-refractivity contribution in [1.82, 2.24) is 15.5 Å². The standard InChI is InChI=1S/C42H54N6O11/c1-9-42(7,36(45-37(51)33(26(2)3)46-47-43)38(52)44-23-32(49)59-41(4,5)6)58-31-22-29(20-21-30(31)56-24-27-16-12-10-13-17-27)35(50)34(39(53)54)48(8)40(55)57-25-28-18-14-11-15-19-28/h10-22,26,33-36,50H,9,23-25H2,1-8H3,(H,44,52)(H,45,51)(H,53,54)/t33-,34-,35+,36+,42-/m0/s1. The summed E-state index contributed by atoms with van der Waals surface area (Å²) < 4.78 is 23.4. The summed E-state index contributed by atoms with van der Waals surface area (Å²) >= 11 is 0. The lowest BCUT2D eigenvalue weighted by atomic mass is 9.91. The van der Waals surface area contributed by atoms with E-state index in [0.29, 0.717) is 5.56 Å². The molecular formula is C42H54N6O11. The second-order valence-electron chi connectivity index (χ2n) is 15.3. The Morgan fingerprint density at radius 3 is 2.00 bits per heavy atom. The maximum atomic E-state index is 14.0. The first-order valence-corrected chi connectivity index (χ1v) is 19.0. The van der Waals surface area contributed by atoms with Gasteiger partial charge in [0.1, 0.15) is 49.1 Å². The summed E-state index contributed by atoms with van der Waals surface area (Å²) in [5, 5.41) is 30.6. The van der Waals surface area contributed by atoms with E-state index in [2.05, 4.69) is 20.7 Å².